The number of rotatable bonds is 7. The van der Waals surface area contributed by atoms with Crippen molar-refractivity contribution in [3.63, 3.8) is 0 Å². The van der Waals surface area contributed by atoms with Gasteiger partial charge in [0.25, 0.3) is 0 Å². The monoisotopic (exact) mass is 238 g/mol. The number of azo groups is 1. The third kappa shape index (κ3) is 6.37. The summed E-state index contributed by atoms with van der Waals surface area (Å²) in [4.78, 5) is 0. The fourth-order valence-electron chi connectivity index (χ4n) is 1.38. The Balaban J connectivity index is 4.46. The standard InChI is InChI=1S/C14H26N2O/c1-7-11(2)13(4)14(5)12(3)10-16-15-8-9-17-6/h7-10H2,1-6H3. The summed E-state index contributed by atoms with van der Waals surface area (Å²) in [6, 6.07) is 0. The van der Waals surface area contributed by atoms with Crippen molar-refractivity contribution in [1.82, 2.24) is 0 Å². The number of nitrogens with zero attached hydrogens (tertiary/aromatic N) is 2. The van der Waals surface area contributed by atoms with Crippen LogP contribution in [0.25, 0.3) is 0 Å². The molecule has 0 radical (unpaired) electrons. The molecular formula is C14H26N2O. The van der Waals surface area contributed by atoms with Gasteiger partial charge in [0.05, 0.1) is 19.7 Å². The number of methoxy groups -OCH3 is 1. The van der Waals surface area contributed by atoms with E-state index in [0.29, 0.717) is 19.7 Å². The average molecular weight is 238 g/mol. The van der Waals surface area contributed by atoms with Crippen molar-refractivity contribution in [1.29, 1.82) is 0 Å². The van der Waals surface area contributed by atoms with Crippen LogP contribution >= 0.6 is 0 Å². The molecule has 0 aliphatic heterocycles. The maximum absolute atomic E-state index is 4.91. The largest absolute Gasteiger partial charge is 0.383 e. The van der Waals surface area contributed by atoms with E-state index in [1.165, 1.54) is 22.3 Å². The van der Waals surface area contributed by atoms with Crippen LogP contribution in [0.15, 0.2) is 32.5 Å². The summed E-state index contributed by atoms with van der Waals surface area (Å²) >= 11 is 0. The van der Waals surface area contributed by atoms with Gasteiger partial charge in [-0.3, -0.25) is 0 Å². The van der Waals surface area contributed by atoms with E-state index in [1.54, 1.807) is 7.11 Å². The summed E-state index contributed by atoms with van der Waals surface area (Å²) in [5, 5.41) is 8.22. The Bertz CT molecular complexity index is 314. The molecule has 0 aliphatic carbocycles. The fourth-order valence-corrected chi connectivity index (χ4v) is 1.38. The first-order valence-electron chi connectivity index (χ1n) is 6.19. The second-order valence-corrected chi connectivity index (χ2v) is 4.32. The third-order valence-electron chi connectivity index (χ3n) is 3.18. The van der Waals surface area contributed by atoms with Gasteiger partial charge in [0.2, 0.25) is 0 Å². The van der Waals surface area contributed by atoms with E-state index in [0.717, 1.165) is 6.42 Å². The van der Waals surface area contributed by atoms with E-state index in [9.17, 15) is 0 Å². The van der Waals surface area contributed by atoms with Gasteiger partial charge in [-0.05, 0) is 50.8 Å². The molecule has 0 saturated heterocycles. The molecule has 0 heterocycles. The molecule has 0 saturated carbocycles. The normalized spacial score (nSPS) is 14.9. The van der Waals surface area contributed by atoms with Crippen LogP contribution < -0.4 is 0 Å². The number of ether oxygens (including phenoxy) is 1. The zero-order valence-electron chi connectivity index (χ0n) is 12.1. The molecule has 3 nitrogen and oxygen atoms in total. The second-order valence-electron chi connectivity index (χ2n) is 4.32. The Morgan fingerprint density at radius 2 is 1.53 bits per heavy atom. The van der Waals surface area contributed by atoms with Crippen molar-refractivity contribution in [3.8, 4) is 0 Å². The molecule has 3 heteroatoms. The van der Waals surface area contributed by atoms with Crippen molar-refractivity contribution in [3.05, 3.63) is 22.3 Å². The molecule has 0 aromatic carbocycles. The minimum absolute atomic E-state index is 0.638. The van der Waals surface area contributed by atoms with E-state index in [1.807, 2.05) is 0 Å². The summed E-state index contributed by atoms with van der Waals surface area (Å²) in [6.07, 6.45) is 1.10. The van der Waals surface area contributed by atoms with Gasteiger partial charge in [0.15, 0.2) is 0 Å². The Hall–Kier alpha value is -0.960. The van der Waals surface area contributed by atoms with Crippen LogP contribution in [-0.2, 0) is 4.74 Å². The first-order chi connectivity index (χ1) is 8.04. The number of allylic oxidation sites excluding steroid dienone is 3. The Kier molecular flexibility index (Phi) is 8.60. The van der Waals surface area contributed by atoms with Crippen molar-refractivity contribution in [2.75, 3.05) is 26.8 Å². The van der Waals surface area contributed by atoms with Gasteiger partial charge in [-0.15, -0.1) is 0 Å². The Morgan fingerprint density at radius 3 is 2.06 bits per heavy atom. The van der Waals surface area contributed by atoms with E-state index in [4.69, 9.17) is 4.74 Å². The highest BCUT2D eigenvalue weighted by atomic mass is 16.5. The Labute approximate surface area is 106 Å². The Morgan fingerprint density at radius 1 is 0.941 bits per heavy atom. The molecule has 0 atom stereocenters. The van der Waals surface area contributed by atoms with Crippen LogP contribution in [0.2, 0.25) is 0 Å². The topological polar surface area (TPSA) is 34.0 Å². The van der Waals surface area contributed by atoms with Crippen LogP contribution in [0.1, 0.15) is 41.0 Å². The maximum atomic E-state index is 4.91. The molecule has 0 aromatic rings. The molecule has 0 N–H and O–H groups in total. The predicted octanol–water partition coefficient (Wildman–Crippen LogP) is 4.17. The first-order valence-corrected chi connectivity index (χ1v) is 6.19. The van der Waals surface area contributed by atoms with Gasteiger partial charge < -0.3 is 4.74 Å². The first kappa shape index (κ1) is 16.0. The molecule has 0 spiro atoms. The average Bonchev–Trinajstić information content (AvgIpc) is 2.35. The van der Waals surface area contributed by atoms with Gasteiger partial charge in [0.1, 0.15) is 0 Å². The van der Waals surface area contributed by atoms with Gasteiger partial charge in [-0.2, -0.15) is 10.2 Å². The van der Waals surface area contributed by atoms with Crippen molar-refractivity contribution in [2.24, 2.45) is 10.2 Å². The summed E-state index contributed by atoms with van der Waals surface area (Å²) < 4.78 is 4.91. The smallest absolute Gasteiger partial charge is 0.0832 e. The molecule has 0 aliphatic rings. The minimum atomic E-state index is 0.638. The lowest BCUT2D eigenvalue weighted by atomic mass is 9.98. The van der Waals surface area contributed by atoms with Crippen molar-refractivity contribution < 1.29 is 4.74 Å². The van der Waals surface area contributed by atoms with Crippen LogP contribution in [0.4, 0.5) is 0 Å². The highest BCUT2D eigenvalue weighted by Crippen LogP contribution is 2.19. The van der Waals surface area contributed by atoms with Gasteiger partial charge >= 0.3 is 0 Å². The van der Waals surface area contributed by atoms with Crippen LogP contribution in [0.3, 0.4) is 0 Å². The maximum Gasteiger partial charge on any atom is 0.0832 e. The zero-order chi connectivity index (χ0) is 13.3. The second kappa shape index (κ2) is 9.11. The summed E-state index contributed by atoms with van der Waals surface area (Å²) in [6.45, 7) is 12.8. The molecule has 98 valence electrons. The minimum Gasteiger partial charge on any atom is -0.383 e. The van der Waals surface area contributed by atoms with Crippen molar-refractivity contribution >= 4 is 0 Å². The summed E-state index contributed by atoms with van der Waals surface area (Å²) in [5.74, 6) is 0. The third-order valence-corrected chi connectivity index (χ3v) is 3.18. The SMILES string of the molecule is CCC(C)=C(C)C(C)=C(C)CN=NCCOC. The lowest BCUT2D eigenvalue weighted by molar-refractivity contribution is 0.206. The lowest BCUT2D eigenvalue weighted by Gasteiger charge is -2.09. The fraction of sp³-hybridized carbons (Fsp3) is 0.714. The lowest BCUT2D eigenvalue weighted by Crippen LogP contribution is -1.95. The molecule has 0 bridgehead atoms. The van der Waals surface area contributed by atoms with Gasteiger partial charge in [-0.25, -0.2) is 0 Å². The van der Waals surface area contributed by atoms with E-state index >= 15 is 0 Å². The highest BCUT2D eigenvalue weighted by Gasteiger charge is 2.01. The predicted molar refractivity (Wildman–Crippen MR) is 73.5 cm³/mol. The molecular weight excluding hydrogens is 212 g/mol. The summed E-state index contributed by atoms with van der Waals surface area (Å²) in [5.41, 5.74) is 5.46. The zero-order valence-corrected chi connectivity index (χ0v) is 12.1. The van der Waals surface area contributed by atoms with Crippen LogP contribution in [0, 0.1) is 0 Å². The number of hydrogen-bond donors (Lipinski definition) is 0. The quantitative estimate of drug-likeness (QED) is 0.372. The van der Waals surface area contributed by atoms with Gasteiger partial charge in [-0.1, -0.05) is 12.5 Å². The van der Waals surface area contributed by atoms with Crippen LogP contribution in [-0.4, -0.2) is 26.8 Å². The highest BCUT2D eigenvalue weighted by molar-refractivity contribution is 5.35. The molecule has 0 aromatic heterocycles. The number of hydrogen-bond acceptors (Lipinski definition) is 3. The van der Waals surface area contributed by atoms with Crippen LogP contribution in [0.5, 0.6) is 0 Å². The summed E-state index contributed by atoms with van der Waals surface area (Å²) in [7, 11) is 1.67. The van der Waals surface area contributed by atoms with E-state index in [2.05, 4.69) is 44.8 Å². The molecule has 0 fully saturated rings. The van der Waals surface area contributed by atoms with Gasteiger partial charge in [0, 0.05) is 7.11 Å². The molecule has 0 amide bonds. The van der Waals surface area contributed by atoms with E-state index < -0.39 is 0 Å². The molecule has 17 heavy (non-hydrogen) atoms. The molecule has 0 unspecified atom stereocenters. The van der Waals surface area contributed by atoms with Crippen molar-refractivity contribution in [2.45, 2.75) is 41.0 Å². The van der Waals surface area contributed by atoms with E-state index in [-0.39, 0.29) is 0 Å². The molecule has 0 rings (SSSR count).